The van der Waals surface area contributed by atoms with Crippen molar-refractivity contribution in [3.8, 4) is 0 Å². The minimum Gasteiger partial charge on any atom is -0.383 e. The summed E-state index contributed by atoms with van der Waals surface area (Å²) in [6.45, 7) is 0. The van der Waals surface area contributed by atoms with Crippen molar-refractivity contribution >= 4 is 23.2 Å². The van der Waals surface area contributed by atoms with E-state index in [1.807, 2.05) is 6.26 Å². The van der Waals surface area contributed by atoms with Crippen molar-refractivity contribution < 1.29 is 9.72 Å². The molecule has 0 bridgehead atoms. The Morgan fingerprint density at radius 2 is 2.11 bits per heavy atom. The monoisotopic (exact) mass is 266 g/mol. The summed E-state index contributed by atoms with van der Waals surface area (Å²) in [7, 11) is 3.60. The molecule has 0 unspecified atom stereocenters. The number of thioether (sulfide) groups is 1. The zero-order chi connectivity index (χ0) is 13.7. The van der Waals surface area contributed by atoms with Gasteiger partial charge in [-0.25, -0.2) is 0 Å². The summed E-state index contributed by atoms with van der Waals surface area (Å²) in [4.78, 5) is 24.6. The van der Waals surface area contributed by atoms with E-state index in [4.69, 9.17) is 0 Å². The number of carbonyl (C=O) groups excluding carboxylic acids is 1. The lowest BCUT2D eigenvalue weighted by Gasteiger charge is -2.05. The first-order valence-corrected chi connectivity index (χ1v) is 6.39. The third-order valence-electron chi connectivity index (χ3n) is 2.18. The van der Waals surface area contributed by atoms with Gasteiger partial charge in [0.25, 0.3) is 5.69 Å². The van der Waals surface area contributed by atoms with Crippen LogP contribution < -0.4 is 0 Å². The fourth-order valence-electron chi connectivity index (χ4n) is 1.31. The van der Waals surface area contributed by atoms with Crippen LogP contribution in [0.3, 0.4) is 0 Å². The van der Waals surface area contributed by atoms with Crippen LogP contribution in [0.4, 0.5) is 5.69 Å². The Morgan fingerprint density at radius 3 is 2.61 bits per heavy atom. The third-order valence-corrected chi connectivity index (χ3v) is 2.98. The Kier molecular flexibility index (Phi) is 4.91. The number of hydrogen-bond acceptors (Lipinski definition) is 5. The number of non-ortho nitro benzene ring substituents is 1. The maximum Gasteiger partial charge on any atom is 0.270 e. The second-order valence-electron chi connectivity index (χ2n) is 3.79. The summed E-state index contributed by atoms with van der Waals surface area (Å²) in [5.74, 6) is -0.239. The molecule has 0 saturated carbocycles. The van der Waals surface area contributed by atoms with Crippen LogP contribution in [0, 0.1) is 10.1 Å². The van der Waals surface area contributed by atoms with Gasteiger partial charge in [-0.1, -0.05) is 0 Å². The molecule has 0 N–H and O–H groups in total. The predicted molar refractivity (Wildman–Crippen MR) is 72.0 cm³/mol. The Hall–Kier alpha value is -1.82. The number of nitro groups is 1. The number of nitrogens with zero attached hydrogens (tertiary/aromatic N) is 2. The van der Waals surface area contributed by atoms with Crippen molar-refractivity contribution in [2.75, 3.05) is 20.4 Å². The van der Waals surface area contributed by atoms with Gasteiger partial charge in [0.2, 0.25) is 0 Å². The van der Waals surface area contributed by atoms with Gasteiger partial charge in [-0.2, -0.15) is 0 Å². The summed E-state index contributed by atoms with van der Waals surface area (Å²) in [5, 5.41) is 10.7. The van der Waals surface area contributed by atoms with Gasteiger partial charge in [0.15, 0.2) is 5.78 Å². The molecule has 0 spiro atoms. The number of hydrogen-bond donors (Lipinski definition) is 0. The van der Waals surface area contributed by atoms with Crippen LogP contribution in [0.2, 0.25) is 0 Å². The van der Waals surface area contributed by atoms with Crippen LogP contribution in [0.15, 0.2) is 35.4 Å². The van der Waals surface area contributed by atoms with Crippen molar-refractivity contribution in [2.24, 2.45) is 0 Å². The molecule has 0 atom stereocenters. The molecule has 0 saturated heterocycles. The summed E-state index contributed by atoms with van der Waals surface area (Å²) in [5.41, 5.74) is 0.282. The molecule has 18 heavy (non-hydrogen) atoms. The van der Waals surface area contributed by atoms with Gasteiger partial charge in [0.1, 0.15) is 0 Å². The number of ketones is 1. The van der Waals surface area contributed by atoms with E-state index in [2.05, 4.69) is 0 Å². The van der Waals surface area contributed by atoms with Gasteiger partial charge in [-0.3, -0.25) is 14.9 Å². The number of carbonyl (C=O) groups is 1. The van der Waals surface area contributed by atoms with E-state index >= 15 is 0 Å². The number of benzene rings is 1. The fourth-order valence-corrected chi connectivity index (χ4v) is 1.89. The van der Waals surface area contributed by atoms with Crippen LogP contribution in [0.1, 0.15) is 10.4 Å². The number of rotatable bonds is 5. The van der Waals surface area contributed by atoms with Gasteiger partial charge in [-0.15, -0.1) is 11.8 Å². The van der Waals surface area contributed by atoms with Gasteiger partial charge in [0.05, 0.1) is 4.92 Å². The molecule has 0 aliphatic rings. The number of allylic oxidation sites excluding steroid dienone is 1. The summed E-state index contributed by atoms with van der Waals surface area (Å²) in [6.07, 6.45) is 4.84. The highest BCUT2D eigenvalue weighted by Gasteiger charge is 2.14. The summed E-state index contributed by atoms with van der Waals surface area (Å²) in [6, 6.07) is 4.31. The quantitative estimate of drug-likeness (QED) is 0.269. The first-order chi connectivity index (χ1) is 8.45. The van der Waals surface area contributed by atoms with E-state index < -0.39 is 4.92 Å². The SMILES string of the molecule is CSc1ccc([N+](=O)[O-])cc1C(=O)C=CN(C)C. The lowest BCUT2D eigenvalue weighted by Crippen LogP contribution is -2.04. The first-order valence-electron chi connectivity index (χ1n) is 5.17. The molecule has 1 rings (SSSR count). The zero-order valence-electron chi connectivity index (χ0n) is 10.4. The minimum atomic E-state index is -0.503. The third kappa shape index (κ3) is 3.59. The molecular formula is C12H14N2O3S. The second-order valence-corrected chi connectivity index (χ2v) is 4.63. The molecule has 0 aliphatic heterocycles. The Bertz CT molecular complexity index is 498. The number of nitro benzene ring substituents is 1. The second kappa shape index (κ2) is 6.20. The topological polar surface area (TPSA) is 63.5 Å². The molecule has 0 aliphatic carbocycles. The van der Waals surface area contributed by atoms with Crippen molar-refractivity contribution in [1.82, 2.24) is 4.90 Å². The highest BCUT2D eigenvalue weighted by atomic mass is 32.2. The Labute approximate surface area is 110 Å². The normalized spacial score (nSPS) is 10.6. The molecule has 0 aromatic heterocycles. The van der Waals surface area contributed by atoms with Gasteiger partial charge >= 0.3 is 0 Å². The maximum absolute atomic E-state index is 12.0. The van der Waals surface area contributed by atoms with Crippen LogP contribution >= 0.6 is 11.8 Å². The minimum absolute atomic E-state index is 0.0746. The zero-order valence-corrected chi connectivity index (χ0v) is 11.2. The van der Waals surface area contributed by atoms with Crippen LogP contribution in [-0.2, 0) is 0 Å². The fraction of sp³-hybridized carbons (Fsp3) is 0.250. The standard InChI is InChI=1S/C12H14N2O3S/c1-13(2)7-6-11(15)10-8-9(14(16)17)4-5-12(10)18-3/h4-8H,1-3H3. The van der Waals surface area contributed by atoms with Crippen LogP contribution in [0.5, 0.6) is 0 Å². The van der Waals surface area contributed by atoms with E-state index in [-0.39, 0.29) is 11.5 Å². The lowest BCUT2D eigenvalue weighted by molar-refractivity contribution is -0.384. The molecule has 0 radical (unpaired) electrons. The lowest BCUT2D eigenvalue weighted by atomic mass is 10.1. The average molecular weight is 266 g/mol. The molecule has 0 heterocycles. The van der Waals surface area contributed by atoms with Crippen molar-refractivity contribution in [3.05, 3.63) is 46.2 Å². The largest absolute Gasteiger partial charge is 0.383 e. The van der Waals surface area contributed by atoms with Gasteiger partial charge < -0.3 is 4.90 Å². The van der Waals surface area contributed by atoms with Crippen molar-refractivity contribution in [3.63, 3.8) is 0 Å². The van der Waals surface area contributed by atoms with Gasteiger partial charge in [0, 0.05) is 49.0 Å². The predicted octanol–water partition coefficient (Wildman–Crippen LogP) is 2.57. The molecule has 6 heteroatoms. The van der Waals surface area contributed by atoms with Crippen LogP contribution in [0.25, 0.3) is 0 Å². The molecule has 1 aromatic carbocycles. The van der Waals surface area contributed by atoms with E-state index in [1.54, 1.807) is 31.3 Å². The van der Waals surface area contributed by atoms with Crippen molar-refractivity contribution in [2.45, 2.75) is 4.90 Å². The molecule has 1 aromatic rings. The van der Waals surface area contributed by atoms with E-state index in [0.29, 0.717) is 5.56 Å². The van der Waals surface area contributed by atoms with E-state index in [0.717, 1.165) is 4.90 Å². The average Bonchev–Trinajstić information content (AvgIpc) is 2.34. The van der Waals surface area contributed by atoms with Crippen molar-refractivity contribution in [1.29, 1.82) is 0 Å². The highest BCUT2D eigenvalue weighted by molar-refractivity contribution is 7.98. The Balaban J connectivity index is 3.15. The highest BCUT2D eigenvalue weighted by Crippen LogP contribution is 2.25. The molecule has 5 nitrogen and oxygen atoms in total. The maximum atomic E-state index is 12.0. The molecular weight excluding hydrogens is 252 g/mol. The van der Waals surface area contributed by atoms with E-state index in [1.165, 1.54) is 30.0 Å². The summed E-state index contributed by atoms with van der Waals surface area (Å²) < 4.78 is 0. The summed E-state index contributed by atoms with van der Waals surface area (Å²) >= 11 is 1.39. The first kappa shape index (κ1) is 14.2. The molecule has 96 valence electrons. The van der Waals surface area contributed by atoms with Crippen LogP contribution in [-0.4, -0.2) is 36.0 Å². The van der Waals surface area contributed by atoms with Gasteiger partial charge in [-0.05, 0) is 12.3 Å². The molecule has 0 amide bonds. The Morgan fingerprint density at radius 1 is 1.44 bits per heavy atom. The smallest absolute Gasteiger partial charge is 0.270 e. The molecule has 0 fully saturated rings. The van der Waals surface area contributed by atoms with E-state index in [9.17, 15) is 14.9 Å².